The molecular formula is C23H17BrN6O3. The van der Waals surface area contributed by atoms with Crippen LogP contribution < -0.4 is 10.5 Å². The highest BCUT2D eigenvalue weighted by Gasteiger charge is 2.29. The molecule has 0 spiro atoms. The molecule has 9 nitrogen and oxygen atoms in total. The minimum absolute atomic E-state index is 0.188. The Labute approximate surface area is 195 Å². The average Bonchev–Trinajstić information content (AvgIpc) is 3.37. The first-order valence-corrected chi connectivity index (χ1v) is 11.1. The van der Waals surface area contributed by atoms with E-state index in [1.165, 1.54) is 0 Å². The first-order valence-electron chi connectivity index (χ1n) is 10.3. The summed E-state index contributed by atoms with van der Waals surface area (Å²) in [6, 6.07) is 5.55. The quantitative estimate of drug-likeness (QED) is 0.457. The van der Waals surface area contributed by atoms with Gasteiger partial charge < -0.3 is 9.72 Å². The van der Waals surface area contributed by atoms with E-state index in [2.05, 4.69) is 36.1 Å². The summed E-state index contributed by atoms with van der Waals surface area (Å²) in [5, 5.41) is 8.29. The second kappa shape index (κ2) is 7.46. The van der Waals surface area contributed by atoms with Gasteiger partial charge in [-0.3, -0.25) is 18.9 Å². The van der Waals surface area contributed by atoms with Crippen LogP contribution >= 0.6 is 15.9 Å². The third-order valence-corrected chi connectivity index (χ3v) is 6.37. The van der Waals surface area contributed by atoms with E-state index in [1.54, 1.807) is 28.7 Å². The Morgan fingerprint density at radius 1 is 1.27 bits per heavy atom. The van der Waals surface area contributed by atoms with Gasteiger partial charge >= 0.3 is 0 Å². The number of benzene rings is 1. The lowest BCUT2D eigenvalue weighted by atomic mass is 10.0. The molecule has 0 fully saturated rings. The van der Waals surface area contributed by atoms with Crippen LogP contribution in [0.3, 0.4) is 0 Å². The van der Waals surface area contributed by atoms with Crippen LogP contribution in [0.4, 0.5) is 5.82 Å². The largest absolute Gasteiger partial charge is 0.380 e. The predicted molar refractivity (Wildman–Crippen MR) is 126 cm³/mol. The number of fused-ring (bicyclic) bond motifs is 4. The molecular weight excluding hydrogens is 488 g/mol. The maximum absolute atomic E-state index is 13.6. The Hall–Kier alpha value is -3.63. The van der Waals surface area contributed by atoms with Crippen molar-refractivity contribution in [3.8, 4) is 0 Å². The van der Waals surface area contributed by atoms with Gasteiger partial charge in [0, 0.05) is 35.5 Å². The van der Waals surface area contributed by atoms with Crippen LogP contribution in [0, 0.1) is 0 Å². The minimum atomic E-state index is -0.374. The molecule has 0 radical (unpaired) electrons. The highest BCUT2D eigenvalue weighted by atomic mass is 79.9. The number of hydrogen-bond donors (Lipinski definition) is 1. The molecule has 0 atom stereocenters. The Kier molecular flexibility index (Phi) is 4.52. The van der Waals surface area contributed by atoms with E-state index in [9.17, 15) is 9.59 Å². The molecule has 4 aromatic rings. The van der Waals surface area contributed by atoms with E-state index in [4.69, 9.17) is 4.74 Å². The second-order valence-electron chi connectivity index (χ2n) is 7.92. The molecule has 1 N–H and O–H groups in total. The number of H-pyrrole nitrogens is 1. The van der Waals surface area contributed by atoms with Crippen molar-refractivity contribution in [3.63, 3.8) is 0 Å². The molecule has 10 heteroatoms. The van der Waals surface area contributed by atoms with Gasteiger partial charge in [0.25, 0.3) is 11.5 Å². The van der Waals surface area contributed by atoms with E-state index in [1.807, 2.05) is 30.4 Å². The predicted octanol–water partition coefficient (Wildman–Crippen LogP) is 3.03. The third kappa shape index (κ3) is 3.05. The number of aromatic amines is 1. The fourth-order valence-corrected chi connectivity index (χ4v) is 4.72. The van der Waals surface area contributed by atoms with Crippen LogP contribution in [-0.4, -0.2) is 44.1 Å². The van der Waals surface area contributed by atoms with Gasteiger partial charge in [0.2, 0.25) is 5.65 Å². The summed E-state index contributed by atoms with van der Waals surface area (Å²) < 4.78 is 8.02. The van der Waals surface area contributed by atoms with E-state index in [0.717, 1.165) is 22.0 Å². The average molecular weight is 505 g/mol. The Bertz CT molecular complexity index is 1600. The van der Waals surface area contributed by atoms with Crippen molar-refractivity contribution < 1.29 is 9.53 Å². The van der Waals surface area contributed by atoms with Gasteiger partial charge in [0.15, 0.2) is 5.82 Å². The lowest BCUT2D eigenvalue weighted by Gasteiger charge is -2.19. The molecule has 164 valence electrons. The van der Waals surface area contributed by atoms with Crippen molar-refractivity contribution in [2.24, 2.45) is 0 Å². The molecule has 0 saturated heterocycles. The van der Waals surface area contributed by atoms with Crippen LogP contribution in [0.15, 0.2) is 51.9 Å². The molecule has 2 aliphatic rings. The van der Waals surface area contributed by atoms with Crippen molar-refractivity contribution in [1.29, 1.82) is 0 Å². The lowest BCUT2D eigenvalue weighted by molar-refractivity contribution is 0.0984. The first-order chi connectivity index (χ1) is 16.0. The molecule has 0 bridgehead atoms. The lowest BCUT2D eigenvalue weighted by Crippen LogP contribution is -2.30. The van der Waals surface area contributed by atoms with Gasteiger partial charge in [-0.15, -0.1) is 10.2 Å². The monoisotopic (exact) mass is 504 g/mol. The smallest absolute Gasteiger partial charge is 0.294 e. The van der Waals surface area contributed by atoms with Gasteiger partial charge in [-0.25, -0.2) is 4.98 Å². The number of amides is 1. The highest BCUT2D eigenvalue weighted by Crippen LogP contribution is 2.31. The molecule has 33 heavy (non-hydrogen) atoms. The van der Waals surface area contributed by atoms with Crippen LogP contribution in [0.2, 0.25) is 0 Å². The summed E-state index contributed by atoms with van der Waals surface area (Å²) in [4.78, 5) is 35.3. The standard InChI is InChI=1S/C23H17BrN6O3/c1-33-11-14-8-18-17(26-22(31)21-28-27-20(30(18)21)12-3-2-4-12)9-16(14)23(32)29-6-5-13-7-15(24)10-25-19(13)29/h2-4,7-10H,5-6,11H2,1H3,(H,26,31). The molecule has 6 rings (SSSR count). The zero-order valence-electron chi connectivity index (χ0n) is 17.5. The Morgan fingerprint density at radius 2 is 2.12 bits per heavy atom. The minimum Gasteiger partial charge on any atom is -0.380 e. The summed E-state index contributed by atoms with van der Waals surface area (Å²) in [7, 11) is 1.58. The summed E-state index contributed by atoms with van der Waals surface area (Å²) >= 11 is 3.44. The molecule has 0 unspecified atom stereocenters. The molecule has 1 amide bonds. The van der Waals surface area contributed by atoms with Crippen LogP contribution in [0.1, 0.15) is 27.3 Å². The molecule has 4 heterocycles. The highest BCUT2D eigenvalue weighted by molar-refractivity contribution is 9.10. The fourth-order valence-electron chi connectivity index (χ4n) is 4.34. The topological polar surface area (TPSA) is 105 Å². The molecule has 3 aromatic heterocycles. The van der Waals surface area contributed by atoms with Crippen molar-refractivity contribution >= 4 is 49.9 Å². The van der Waals surface area contributed by atoms with Gasteiger partial charge in [-0.1, -0.05) is 18.2 Å². The van der Waals surface area contributed by atoms with Crippen molar-refractivity contribution in [2.75, 3.05) is 18.6 Å². The number of allylic oxidation sites excluding steroid dienone is 4. The maximum atomic E-state index is 13.6. The summed E-state index contributed by atoms with van der Waals surface area (Å²) in [5.41, 5.74) is 4.08. The van der Waals surface area contributed by atoms with Gasteiger partial charge in [-0.2, -0.15) is 0 Å². The van der Waals surface area contributed by atoms with Crippen molar-refractivity contribution in [2.45, 2.75) is 13.0 Å². The van der Waals surface area contributed by atoms with E-state index >= 15 is 0 Å². The van der Waals surface area contributed by atoms with Gasteiger partial charge in [0.1, 0.15) is 5.82 Å². The SMILES string of the molecule is COCc1cc2c(cc1C(=O)N1CCc3cc(Br)cnc31)[nH]c(=O)c1nnc(C3=CC=C3)n12. The number of rotatable bonds is 4. The third-order valence-electron chi connectivity index (χ3n) is 5.93. The van der Waals surface area contributed by atoms with Gasteiger partial charge in [-0.05, 0) is 51.7 Å². The number of aromatic nitrogens is 5. The van der Waals surface area contributed by atoms with Crippen LogP contribution in [-0.2, 0) is 17.8 Å². The molecule has 1 aromatic carbocycles. The molecule has 0 saturated carbocycles. The summed E-state index contributed by atoms with van der Waals surface area (Å²) in [6.07, 6.45) is 8.14. The fraction of sp³-hybridized carbons (Fsp3) is 0.174. The normalized spacial score (nSPS) is 14.6. The van der Waals surface area contributed by atoms with E-state index in [-0.39, 0.29) is 23.7 Å². The second-order valence-corrected chi connectivity index (χ2v) is 8.84. The van der Waals surface area contributed by atoms with Crippen molar-refractivity contribution in [3.05, 3.63) is 80.0 Å². The van der Waals surface area contributed by atoms with Gasteiger partial charge in [0.05, 0.1) is 17.6 Å². The van der Waals surface area contributed by atoms with Crippen LogP contribution in [0.5, 0.6) is 0 Å². The summed E-state index contributed by atoms with van der Waals surface area (Å²) in [6.45, 7) is 0.764. The number of carbonyl (C=O) groups is 1. The van der Waals surface area contributed by atoms with E-state index < -0.39 is 0 Å². The number of nitrogens with zero attached hydrogens (tertiary/aromatic N) is 5. The zero-order valence-corrected chi connectivity index (χ0v) is 19.1. The number of nitrogens with one attached hydrogen (secondary N) is 1. The maximum Gasteiger partial charge on any atom is 0.294 e. The van der Waals surface area contributed by atoms with E-state index in [0.29, 0.717) is 40.3 Å². The zero-order chi connectivity index (χ0) is 22.7. The number of carbonyl (C=O) groups excluding carboxylic acids is 1. The number of ether oxygens (including phenoxy) is 1. The summed E-state index contributed by atoms with van der Waals surface area (Å²) in [5.74, 6) is 1.04. The van der Waals surface area contributed by atoms with Crippen LogP contribution in [0.25, 0.3) is 22.3 Å². The number of halogens is 1. The molecule has 1 aliphatic carbocycles. The Balaban J connectivity index is 1.54. The number of methoxy groups -OCH3 is 1. The molecule has 1 aliphatic heterocycles. The first kappa shape index (κ1) is 20.0. The Morgan fingerprint density at radius 3 is 2.88 bits per heavy atom. The number of pyridine rings is 1. The van der Waals surface area contributed by atoms with Crippen molar-refractivity contribution in [1.82, 2.24) is 24.6 Å². The number of hydrogen-bond acceptors (Lipinski definition) is 6. The number of anilines is 1.